The summed E-state index contributed by atoms with van der Waals surface area (Å²) >= 11 is 0. The van der Waals surface area contributed by atoms with Crippen LogP contribution in [0.15, 0.2) is 0 Å². The van der Waals surface area contributed by atoms with Gasteiger partial charge in [-0.2, -0.15) is 0 Å². The number of carboxylic acids is 3. The van der Waals surface area contributed by atoms with Crippen LogP contribution in [0, 0.1) is 5.41 Å². The highest BCUT2D eigenvalue weighted by molar-refractivity contribution is 5.88. The number of hydrogen-bond acceptors (Lipinski definition) is 8. The Morgan fingerprint density at radius 2 is 0.569 bits per heavy atom. The molecule has 0 amide bonds. The number of aliphatic hydroxyl groups is 5. The molecule has 0 heterocycles. The van der Waals surface area contributed by atoms with Crippen LogP contribution in [-0.2, 0) is 14.4 Å². The fraction of sp³-hybridized carbons (Fsp3) is 0.936. The standard InChI is InChI=1S/C41H84O4.C6H8O7/c1-3-5-7-9-11-13-15-17-19-21-23-25-27-29-31-33-35-41(45,40(37-42,38-43)39-44)36-34-32-30-28-26-24-22-20-18-16-14-12-10-8-6-4-2;7-3(8)1-6(13,5(11)12)2-4(9)10/h42-45H,3-39H2,1-2H3;13H,1-2H2,(H,7,8)(H,9,10)(H,11,12). The van der Waals surface area contributed by atoms with E-state index >= 15 is 0 Å². The largest absolute Gasteiger partial charge is 0.481 e. The van der Waals surface area contributed by atoms with Crippen molar-refractivity contribution in [2.45, 2.75) is 256 Å². The summed E-state index contributed by atoms with van der Waals surface area (Å²) in [7, 11) is 0. The van der Waals surface area contributed by atoms with Crippen LogP contribution in [0.25, 0.3) is 0 Å². The number of carboxylic acid groups (broad SMARTS) is 3. The first-order valence-corrected chi connectivity index (χ1v) is 23.8. The Hall–Kier alpha value is -1.79. The van der Waals surface area contributed by atoms with Crippen molar-refractivity contribution in [1.82, 2.24) is 0 Å². The van der Waals surface area contributed by atoms with Gasteiger partial charge < -0.3 is 40.9 Å². The molecule has 346 valence electrons. The second-order valence-corrected chi connectivity index (χ2v) is 17.4. The molecule has 11 nitrogen and oxygen atoms in total. The molecule has 0 aliphatic heterocycles. The first-order valence-electron chi connectivity index (χ1n) is 23.8. The average Bonchev–Trinajstić information content (AvgIpc) is 3.18. The Bertz CT molecular complexity index is 893. The van der Waals surface area contributed by atoms with Crippen molar-refractivity contribution in [3.8, 4) is 0 Å². The van der Waals surface area contributed by atoms with Crippen LogP contribution < -0.4 is 0 Å². The molecule has 11 heteroatoms. The van der Waals surface area contributed by atoms with Gasteiger partial charge in [-0.3, -0.25) is 9.59 Å². The summed E-state index contributed by atoms with van der Waals surface area (Å²) in [6.07, 6.45) is 40.8. The predicted molar refractivity (Wildman–Crippen MR) is 234 cm³/mol. The van der Waals surface area contributed by atoms with Crippen molar-refractivity contribution in [3.05, 3.63) is 0 Å². The highest BCUT2D eigenvalue weighted by Crippen LogP contribution is 2.39. The van der Waals surface area contributed by atoms with Crippen molar-refractivity contribution < 1.29 is 55.2 Å². The fourth-order valence-corrected chi connectivity index (χ4v) is 7.89. The van der Waals surface area contributed by atoms with Crippen molar-refractivity contribution in [2.24, 2.45) is 5.41 Å². The average molecular weight is 833 g/mol. The molecular formula is C47H92O11. The Morgan fingerprint density at radius 3 is 0.741 bits per heavy atom. The number of hydrogen-bond donors (Lipinski definition) is 8. The summed E-state index contributed by atoms with van der Waals surface area (Å²) in [5, 5.41) is 75.8. The highest BCUT2D eigenvalue weighted by atomic mass is 16.4. The molecule has 0 fully saturated rings. The lowest BCUT2D eigenvalue weighted by Crippen LogP contribution is -2.55. The lowest BCUT2D eigenvalue weighted by molar-refractivity contribution is -0.170. The van der Waals surface area contributed by atoms with Gasteiger partial charge in [-0.1, -0.05) is 219 Å². The Kier molecular flexibility index (Phi) is 39.6. The highest BCUT2D eigenvalue weighted by Gasteiger charge is 2.48. The van der Waals surface area contributed by atoms with Gasteiger partial charge >= 0.3 is 17.9 Å². The monoisotopic (exact) mass is 833 g/mol. The smallest absolute Gasteiger partial charge is 0.336 e. The summed E-state index contributed by atoms with van der Waals surface area (Å²) in [6, 6.07) is 0. The minimum Gasteiger partial charge on any atom is -0.481 e. The van der Waals surface area contributed by atoms with E-state index in [0.717, 1.165) is 25.7 Å². The van der Waals surface area contributed by atoms with Gasteiger partial charge in [-0.05, 0) is 12.8 Å². The zero-order valence-electron chi connectivity index (χ0n) is 37.4. The predicted octanol–water partition coefficient (Wildman–Crippen LogP) is 10.7. The minimum atomic E-state index is -2.74. The van der Waals surface area contributed by atoms with Gasteiger partial charge in [0.25, 0.3) is 0 Å². The number of unbranched alkanes of at least 4 members (excludes halogenated alkanes) is 30. The number of rotatable bonds is 43. The topological polar surface area (TPSA) is 213 Å². The van der Waals surface area contributed by atoms with Crippen LogP contribution in [0.4, 0.5) is 0 Å². The molecule has 0 spiro atoms. The van der Waals surface area contributed by atoms with Gasteiger partial charge in [0.05, 0.1) is 43.7 Å². The fourth-order valence-electron chi connectivity index (χ4n) is 7.89. The molecule has 58 heavy (non-hydrogen) atoms. The SMILES string of the molecule is CCCCCCCCCCCCCCCCCCC(O)(CCCCCCCCCCCCCCCCCC)C(CO)(CO)CO.O=C(O)CC(O)(CC(=O)O)C(=O)O. The van der Waals surface area contributed by atoms with Crippen molar-refractivity contribution >= 4 is 17.9 Å². The second-order valence-electron chi connectivity index (χ2n) is 17.4. The van der Waals surface area contributed by atoms with Crippen LogP contribution >= 0.6 is 0 Å². The zero-order chi connectivity index (χ0) is 43.8. The van der Waals surface area contributed by atoms with Crippen LogP contribution in [-0.4, -0.2) is 89.8 Å². The van der Waals surface area contributed by atoms with Gasteiger partial charge in [-0.25, -0.2) is 4.79 Å². The van der Waals surface area contributed by atoms with Gasteiger partial charge in [0, 0.05) is 0 Å². The van der Waals surface area contributed by atoms with E-state index in [-0.39, 0.29) is 19.8 Å². The van der Waals surface area contributed by atoms with E-state index in [1.54, 1.807) is 0 Å². The number of aliphatic carboxylic acids is 3. The molecule has 0 atom stereocenters. The minimum absolute atomic E-state index is 0.381. The third-order valence-electron chi connectivity index (χ3n) is 12.1. The third-order valence-corrected chi connectivity index (χ3v) is 12.1. The van der Waals surface area contributed by atoms with E-state index in [1.807, 2.05) is 0 Å². The van der Waals surface area contributed by atoms with Crippen molar-refractivity contribution in [1.29, 1.82) is 0 Å². The van der Waals surface area contributed by atoms with Gasteiger partial charge in [0.2, 0.25) is 0 Å². The van der Waals surface area contributed by atoms with Gasteiger partial charge in [-0.15, -0.1) is 0 Å². The summed E-state index contributed by atoms with van der Waals surface area (Å²) in [5.41, 5.74) is -5.17. The molecular weight excluding hydrogens is 741 g/mol. The molecule has 0 aliphatic carbocycles. The Labute approximate surface area is 353 Å². The van der Waals surface area contributed by atoms with Crippen molar-refractivity contribution in [2.75, 3.05) is 19.8 Å². The lowest BCUT2D eigenvalue weighted by Gasteiger charge is -2.44. The molecule has 0 unspecified atom stereocenters. The molecule has 0 aliphatic rings. The van der Waals surface area contributed by atoms with E-state index in [9.17, 15) is 34.8 Å². The molecule has 0 bridgehead atoms. The Balaban J connectivity index is 0. The first-order chi connectivity index (χ1) is 27.8. The molecule has 0 rings (SSSR count). The molecule has 0 saturated carbocycles. The van der Waals surface area contributed by atoms with Gasteiger partial charge in [0.15, 0.2) is 5.60 Å². The summed E-state index contributed by atoms with van der Waals surface area (Å²) in [5.74, 6) is -5.02. The van der Waals surface area contributed by atoms with Crippen LogP contribution in [0.5, 0.6) is 0 Å². The van der Waals surface area contributed by atoms with Crippen molar-refractivity contribution in [3.63, 3.8) is 0 Å². The first kappa shape index (κ1) is 58.3. The van der Waals surface area contributed by atoms with E-state index in [2.05, 4.69) is 13.8 Å². The molecule has 0 aromatic rings. The molecule has 0 aromatic carbocycles. The zero-order valence-corrected chi connectivity index (χ0v) is 37.4. The van der Waals surface area contributed by atoms with E-state index in [0.29, 0.717) is 12.8 Å². The second kappa shape index (κ2) is 39.4. The maximum absolute atomic E-state index is 11.7. The summed E-state index contributed by atoms with van der Waals surface area (Å²) in [6.45, 7) is 3.42. The summed E-state index contributed by atoms with van der Waals surface area (Å²) < 4.78 is 0. The molecule has 8 N–H and O–H groups in total. The van der Waals surface area contributed by atoms with E-state index < -0.39 is 47.4 Å². The van der Waals surface area contributed by atoms with E-state index in [4.69, 9.17) is 20.4 Å². The van der Waals surface area contributed by atoms with Gasteiger partial charge in [0.1, 0.15) is 0 Å². The third kappa shape index (κ3) is 31.1. The molecule has 0 radical (unpaired) electrons. The summed E-state index contributed by atoms with van der Waals surface area (Å²) in [4.78, 5) is 30.5. The quantitative estimate of drug-likeness (QED) is 0.0271. The van der Waals surface area contributed by atoms with Crippen LogP contribution in [0.3, 0.4) is 0 Å². The number of aliphatic hydroxyl groups excluding tert-OH is 3. The number of carbonyl (C=O) groups is 3. The van der Waals surface area contributed by atoms with Crippen LogP contribution in [0.1, 0.15) is 245 Å². The maximum Gasteiger partial charge on any atom is 0.336 e. The van der Waals surface area contributed by atoms with E-state index in [1.165, 1.54) is 180 Å². The molecule has 0 aromatic heterocycles. The van der Waals surface area contributed by atoms with Crippen LogP contribution in [0.2, 0.25) is 0 Å². The normalized spacial score (nSPS) is 12.1. The molecule has 0 saturated heterocycles. The Morgan fingerprint density at radius 1 is 0.362 bits per heavy atom. The lowest BCUT2D eigenvalue weighted by atomic mass is 9.68. The maximum atomic E-state index is 11.7.